The maximum absolute atomic E-state index is 6.01. The standard InChI is InChI=1S/C11H12ClN3O/c1-7-5-8(16-15-7)6-14-11-9(12)3-2-4-10(11)13/h2-5,14H,6,13H2,1H3. The Morgan fingerprint density at radius 3 is 2.94 bits per heavy atom. The molecule has 84 valence electrons. The molecule has 1 aromatic carbocycles. The monoisotopic (exact) mass is 237 g/mol. The highest BCUT2D eigenvalue weighted by atomic mass is 35.5. The first-order valence-corrected chi connectivity index (χ1v) is 5.24. The third-order valence-corrected chi connectivity index (χ3v) is 2.48. The van der Waals surface area contributed by atoms with Crippen LogP contribution in [0.1, 0.15) is 11.5 Å². The molecule has 2 rings (SSSR count). The minimum atomic E-state index is 0.509. The molecule has 2 aromatic rings. The summed E-state index contributed by atoms with van der Waals surface area (Å²) in [6.45, 7) is 2.38. The van der Waals surface area contributed by atoms with Crippen molar-refractivity contribution in [3.05, 3.63) is 40.7 Å². The van der Waals surface area contributed by atoms with E-state index in [9.17, 15) is 0 Å². The fourth-order valence-electron chi connectivity index (χ4n) is 1.40. The number of hydrogen-bond donors (Lipinski definition) is 2. The highest BCUT2D eigenvalue weighted by Gasteiger charge is 2.05. The normalized spacial score (nSPS) is 10.4. The molecule has 1 heterocycles. The maximum atomic E-state index is 6.01. The summed E-state index contributed by atoms with van der Waals surface area (Å²) in [4.78, 5) is 0. The van der Waals surface area contributed by atoms with E-state index in [0.717, 1.165) is 17.1 Å². The largest absolute Gasteiger partial charge is 0.397 e. The fraction of sp³-hybridized carbons (Fsp3) is 0.182. The van der Waals surface area contributed by atoms with Crippen LogP contribution < -0.4 is 11.1 Å². The number of anilines is 2. The topological polar surface area (TPSA) is 64.1 Å². The molecule has 0 saturated carbocycles. The van der Waals surface area contributed by atoms with Crippen molar-refractivity contribution >= 4 is 23.0 Å². The van der Waals surface area contributed by atoms with Crippen LogP contribution in [0.4, 0.5) is 11.4 Å². The lowest BCUT2D eigenvalue weighted by Gasteiger charge is -2.09. The van der Waals surface area contributed by atoms with Gasteiger partial charge in [0.1, 0.15) is 0 Å². The summed E-state index contributed by atoms with van der Waals surface area (Å²) in [5, 5.41) is 7.51. The van der Waals surface area contributed by atoms with Gasteiger partial charge in [-0.05, 0) is 19.1 Å². The van der Waals surface area contributed by atoms with E-state index in [1.54, 1.807) is 18.2 Å². The average Bonchev–Trinajstić information content (AvgIpc) is 2.63. The van der Waals surface area contributed by atoms with Crippen LogP contribution in [0.5, 0.6) is 0 Å². The van der Waals surface area contributed by atoms with Crippen LogP contribution in [-0.2, 0) is 6.54 Å². The molecular weight excluding hydrogens is 226 g/mol. The Balaban J connectivity index is 2.10. The summed E-state index contributed by atoms with van der Waals surface area (Å²) in [5.74, 6) is 0.747. The van der Waals surface area contributed by atoms with Crippen molar-refractivity contribution in [2.45, 2.75) is 13.5 Å². The lowest BCUT2D eigenvalue weighted by Crippen LogP contribution is -2.02. The average molecular weight is 238 g/mol. The lowest BCUT2D eigenvalue weighted by molar-refractivity contribution is 0.384. The number of nitrogen functional groups attached to an aromatic ring is 1. The van der Waals surface area contributed by atoms with Crippen LogP contribution in [-0.4, -0.2) is 5.16 Å². The second-order valence-electron chi connectivity index (χ2n) is 3.49. The number of rotatable bonds is 3. The van der Waals surface area contributed by atoms with E-state index >= 15 is 0 Å². The first-order valence-electron chi connectivity index (χ1n) is 4.87. The van der Waals surface area contributed by atoms with Crippen LogP contribution in [0, 0.1) is 6.92 Å². The Bertz CT molecular complexity index is 475. The zero-order chi connectivity index (χ0) is 11.5. The zero-order valence-corrected chi connectivity index (χ0v) is 9.58. The number of nitrogens with zero attached hydrogens (tertiary/aromatic N) is 1. The third-order valence-electron chi connectivity index (χ3n) is 2.16. The minimum Gasteiger partial charge on any atom is -0.397 e. The summed E-state index contributed by atoms with van der Waals surface area (Å²) in [6.07, 6.45) is 0. The van der Waals surface area contributed by atoms with Gasteiger partial charge in [0.2, 0.25) is 0 Å². The molecule has 0 aliphatic carbocycles. The van der Waals surface area contributed by atoms with Gasteiger partial charge in [0.25, 0.3) is 0 Å². The number of hydrogen-bond acceptors (Lipinski definition) is 4. The summed E-state index contributed by atoms with van der Waals surface area (Å²) in [7, 11) is 0. The molecule has 0 spiro atoms. The van der Waals surface area contributed by atoms with Gasteiger partial charge in [0.15, 0.2) is 5.76 Å². The van der Waals surface area contributed by atoms with Gasteiger partial charge in [-0.2, -0.15) is 0 Å². The molecule has 0 atom stereocenters. The molecule has 0 aliphatic rings. The lowest BCUT2D eigenvalue weighted by atomic mass is 10.2. The van der Waals surface area contributed by atoms with Crippen molar-refractivity contribution in [1.82, 2.24) is 5.16 Å². The highest BCUT2D eigenvalue weighted by Crippen LogP contribution is 2.28. The fourth-order valence-corrected chi connectivity index (χ4v) is 1.65. The summed E-state index contributed by atoms with van der Waals surface area (Å²) < 4.78 is 5.07. The zero-order valence-electron chi connectivity index (χ0n) is 8.83. The van der Waals surface area contributed by atoms with Crippen molar-refractivity contribution < 1.29 is 4.52 Å². The number of nitrogens with two attached hydrogens (primary N) is 1. The molecule has 4 nitrogen and oxygen atoms in total. The van der Waals surface area contributed by atoms with Gasteiger partial charge in [-0.25, -0.2) is 0 Å². The van der Waals surface area contributed by atoms with E-state index in [4.69, 9.17) is 21.9 Å². The van der Waals surface area contributed by atoms with Crippen molar-refractivity contribution in [2.24, 2.45) is 0 Å². The second-order valence-corrected chi connectivity index (χ2v) is 3.90. The third kappa shape index (κ3) is 2.28. The number of aryl methyl sites for hydroxylation is 1. The maximum Gasteiger partial charge on any atom is 0.156 e. The van der Waals surface area contributed by atoms with Gasteiger partial charge in [-0.3, -0.25) is 0 Å². The smallest absolute Gasteiger partial charge is 0.156 e. The van der Waals surface area contributed by atoms with E-state index in [1.807, 2.05) is 13.0 Å². The Morgan fingerprint density at radius 2 is 2.31 bits per heavy atom. The van der Waals surface area contributed by atoms with Gasteiger partial charge in [-0.1, -0.05) is 22.8 Å². The van der Waals surface area contributed by atoms with Crippen LogP contribution in [0.2, 0.25) is 5.02 Å². The van der Waals surface area contributed by atoms with Crippen molar-refractivity contribution in [3.8, 4) is 0 Å². The SMILES string of the molecule is Cc1cc(CNc2c(N)cccc2Cl)on1. The van der Waals surface area contributed by atoms with E-state index in [2.05, 4.69) is 10.5 Å². The Kier molecular flexibility index (Phi) is 3.01. The molecule has 0 bridgehead atoms. The molecule has 1 aromatic heterocycles. The summed E-state index contributed by atoms with van der Waals surface area (Å²) in [5.41, 5.74) is 7.98. The van der Waals surface area contributed by atoms with E-state index in [-0.39, 0.29) is 0 Å². The van der Waals surface area contributed by atoms with Crippen molar-refractivity contribution in [2.75, 3.05) is 11.1 Å². The molecule has 0 fully saturated rings. The molecule has 5 heteroatoms. The molecule has 0 saturated heterocycles. The van der Waals surface area contributed by atoms with Gasteiger partial charge >= 0.3 is 0 Å². The van der Waals surface area contributed by atoms with Crippen molar-refractivity contribution in [3.63, 3.8) is 0 Å². The second kappa shape index (κ2) is 4.45. The van der Waals surface area contributed by atoms with E-state index < -0.39 is 0 Å². The van der Waals surface area contributed by atoms with Gasteiger partial charge in [0.05, 0.1) is 28.6 Å². The van der Waals surface area contributed by atoms with Crippen molar-refractivity contribution in [1.29, 1.82) is 0 Å². The predicted molar refractivity (Wildman–Crippen MR) is 64.4 cm³/mol. The van der Waals surface area contributed by atoms with E-state index in [1.165, 1.54) is 0 Å². The van der Waals surface area contributed by atoms with Gasteiger partial charge < -0.3 is 15.6 Å². The molecule has 0 radical (unpaired) electrons. The van der Waals surface area contributed by atoms with Crippen LogP contribution in [0.15, 0.2) is 28.8 Å². The first-order chi connectivity index (χ1) is 7.66. The minimum absolute atomic E-state index is 0.509. The number of nitrogens with one attached hydrogen (secondary N) is 1. The molecule has 0 amide bonds. The molecule has 0 aliphatic heterocycles. The Labute approximate surface area is 98.4 Å². The Hall–Kier alpha value is -1.68. The molecule has 3 N–H and O–H groups in total. The highest BCUT2D eigenvalue weighted by molar-refractivity contribution is 6.33. The quantitative estimate of drug-likeness (QED) is 0.806. The molecule has 16 heavy (non-hydrogen) atoms. The predicted octanol–water partition coefficient (Wildman–Crippen LogP) is 2.83. The molecular formula is C11H12ClN3O. The number of aromatic nitrogens is 1. The van der Waals surface area contributed by atoms with Gasteiger partial charge in [0, 0.05) is 6.07 Å². The number of halogens is 1. The van der Waals surface area contributed by atoms with Crippen LogP contribution >= 0.6 is 11.6 Å². The summed E-state index contributed by atoms with van der Waals surface area (Å²) >= 11 is 6.01. The first kappa shape index (κ1) is 10.8. The number of para-hydroxylation sites is 1. The molecule has 0 unspecified atom stereocenters. The van der Waals surface area contributed by atoms with Crippen LogP contribution in [0.25, 0.3) is 0 Å². The number of benzene rings is 1. The van der Waals surface area contributed by atoms with E-state index in [0.29, 0.717) is 17.3 Å². The Morgan fingerprint density at radius 1 is 1.50 bits per heavy atom. The summed E-state index contributed by atoms with van der Waals surface area (Å²) in [6, 6.07) is 7.24. The van der Waals surface area contributed by atoms with Crippen LogP contribution in [0.3, 0.4) is 0 Å². The van der Waals surface area contributed by atoms with Gasteiger partial charge in [-0.15, -0.1) is 0 Å².